The van der Waals surface area contributed by atoms with E-state index in [9.17, 15) is 23.6 Å². The molecule has 1 aromatic carbocycles. The molecule has 1 aromatic rings. The lowest BCUT2D eigenvalue weighted by Gasteiger charge is -2.15. The predicted octanol–water partition coefficient (Wildman–Crippen LogP) is 0.706. The molecule has 140 valence electrons. The van der Waals surface area contributed by atoms with Gasteiger partial charge in [-0.05, 0) is 31.0 Å². The molecular formula is C17H20FN3O5. The largest absolute Gasteiger partial charge is 0.453 e. The van der Waals surface area contributed by atoms with Gasteiger partial charge in [0, 0.05) is 19.5 Å². The topological polar surface area (TPSA) is 105 Å². The molecule has 0 aliphatic carbocycles. The Labute approximate surface area is 149 Å². The molecule has 8 nitrogen and oxygen atoms in total. The zero-order chi connectivity index (χ0) is 19.1. The highest BCUT2D eigenvalue weighted by Crippen LogP contribution is 2.05. The molecule has 1 aliphatic rings. The molecule has 4 amide bonds. The molecule has 0 saturated carbocycles. The van der Waals surface area contributed by atoms with E-state index in [1.807, 2.05) is 0 Å². The Bertz CT molecular complexity index is 676. The minimum Gasteiger partial charge on any atom is -0.453 e. The summed E-state index contributed by atoms with van der Waals surface area (Å²) in [6.45, 7) is 1.71. The molecule has 1 fully saturated rings. The molecule has 0 bridgehead atoms. The summed E-state index contributed by atoms with van der Waals surface area (Å²) < 4.78 is 17.8. The van der Waals surface area contributed by atoms with Crippen LogP contribution in [0.1, 0.15) is 25.3 Å². The quantitative estimate of drug-likeness (QED) is 0.521. The van der Waals surface area contributed by atoms with Crippen LogP contribution in [0.25, 0.3) is 0 Å². The number of esters is 1. The highest BCUT2D eigenvalue weighted by Gasteiger charge is 2.28. The number of rotatable bonds is 8. The number of nitrogens with zero attached hydrogens (tertiary/aromatic N) is 1. The van der Waals surface area contributed by atoms with Gasteiger partial charge in [0.05, 0.1) is 6.54 Å². The fourth-order valence-corrected chi connectivity index (χ4v) is 2.31. The Kier molecular flexibility index (Phi) is 6.65. The fraction of sp³-hybridized carbons (Fsp3) is 0.412. The first-order valence-corrected chi connectivity index (χ1v) is 8.16. The molecule has 0 aromatic heterocycles. The van der Waals surface area contributed by atoms with Crippen LogP contribution in [0.3, 0.4) is 0 Å². The number of imide groups is 1. The second-order valence-electron chi connectivity index (χ2n) is 5.78. The van der Waals surface area contributed by atoms with E-state index in [-0.39, 0.29) is 44.2 Å². The van der Waals surface area contributed by atoms with Gasteiger partial charge in [0.15, 0.2) is 6.10 Å². The van der Waals surface area contributed by atoms with Crippen molar-refractivity contribution < 1.29 is 28.3 Å². The molecule has 2 rings (SSSR count). The summed E-state index contributed by atoms with van der Waals surface area (Å²) in [6.07, 6.45) is -0.756. The number of halogens is 1. The predicted molar refractivity (Wildman–Crippen MR) is 88.1 cm³/mol. The molecule has 0 radical (unpaired) electrons. The van der Waals surface area contributed by atoms with Crippen molar-refractivity contribution in [1.82, 2.24) is 15.5 Å². The van der Waals surface area contributed by atoms with E-state index in [0.717, 1.165) is 4.90 Å². The molecule has 1 heterocycles. The van der Waals surface area contributed by atoms with Crippen LogP contribution in [0.5, 0.6) is 0 Å². The zero-order valence-corrected chi connectivity index (χ0v) is 14.3. The number of nitrogens with one attached hydrogen (secondary N) is 2. The Morgan fingerprint density at radius 3 is 2.62 bits per heavy atom. The van der Waals surface area contributed by atoms with Gasteiger partial charge in [-0.1, -0.05) is 12.1 Å². The summed E-state index contributed by atoms with van der Waals surface area (Å²) in [5.41, 5.74) is 0.715. The lowest BCUT2D eigenvalue weighted by molar-refractivity contribution is -0.155. The lowest BCUT2D eigenvalue weighted by Crippen LogP contribution is -2.36. The van der Waals surface area contributed by atoms with Gasteiger partial charge < -0.3 is 15.4 Å². The maximum absolute atomic E-state index is 12.8. The van der Waals surface area contributed by atoms with Gasteiger partial charge in [0.25, 0.3) is 5.91 Å². The maximum atomic E-state index is 12.8. The third-order valence-corrected chi connectivity index (χ3v) is 3.76. The Morgan fingerprint density at radius 2 is 2.00 bits per heavy atom. The van der Waals surface area contributed by atoms with E-state index in [0.29, 0.717) is 5.56 Å². The van der Waals surface area contributed by atoms with Crippen molar-refractivity contribution in [3.05, 3.63) is 35.6 Å². The smallest absolute Gasteiger partial charge is 0.324 e. The first kappa shape index (κ1) is 19.4. The molecular weight excluding hydrogens is 345 g/mol. The number of benzene rings is 1. The van der Waals surface area contributed by atoms with Gasteiger partial charge in [-0.2, -0.15) is 0 Å². The SMILES string of the molecule is C[C@@H](OC(=O)CCCN1C(=O)CNC1=O)C(=O)NCc1ccc(F)cc1. The number of hydrogen-bond acceptors (Lipinski definition) is 5. The summed E-state index contributed by atoms with van der Waals surface area (Å²) >= 11 is 0. The Morgan fingerprint density at radius 1 is 1.31 bits per heavy atom. The summed E-state index contributed by atoms with van der Waals surface area (Å²) in [4.78, 5) is 47.4. The van der Waals surface area contributed by atoms with Crippen molar-refractivity contribution in [2.45, 2.75) is 32.4 Å². The standard InChI is InChI=1S/C17H20FN3O5/c1-11(16(24)19-9-12-4-6-13(18)7-5-12)26-15(23)3-2-8-21-14(22)10-20-17(21)25/h4-7,11H,2-3,8-10H2,1H3,(H,19,24)(H,20,25)/t11-/m1/s1. The van der Waals surface area contributed by atoms with Gasteiger partial charge in [-0.25, -0.2) is 9.18 Å². The Hall–Kier alpha value is -2.97. The average molecular weight is 365 g/mol. The zero-order valence-electron chi connectivity index (χ0n) is 14.3. The van der Waals surface area contributed by atoms with E-state index in [4.69, 9.17) is 4.74 Å². The van der Waals surface area contributed by atoms with Crippen molar-refractivity contribution >= 4 is 23.8 Å². The first-order chi connectivity index (χ1) is 12.4. The lowest BCUT2D eigenvalue weighted by atomic mass is 10.2. The number of hydrogen-bond donors (Lipinski definition) is 2. The molecule has 1 atom stereocenters. The van der Waals surface area contributed by atoms with Crippen LogP contribution < -0.4 is 10.6 Å². The number of carbonyl (C=O) groups is 4. The van der Waals surface area contributed by atoms with Crippen molar-refractivity contribution in [1.29, 1.82) is 0 Å². The molecule has 1 aliphatic heterocycles. The third kappa shape index (κ3) is 5.54. The van der Waals surface area contributed by atoms with Crippen LogP contribution in [-0.2, 0) is 25.7 Å². The number of amides is 4. The number of ether oxygens (including phenoxy) is 1. The van der Waals surface area contributed by atoms with Crippen LogP contribution >= 0.6 is 0 Å². The number of urea groups is 1. The summed E-state index contributed by atoms with van der Waals surface area (Å²) in [7, 11) is 0. The van der Waals surface area contributed by atoms with Crippen LogP contribution in [-0.4, -0.2) is 47.9 Å². The molecule has 2 N–H and O–H groups in total. The van der Waals surface area contributed by atoms with Crippen molar-refractivity contribution in [3.8, 4) is 0 Å². The number of carbonyl (C=O) groups excluding carboxylic acids is 4. The fourth-order valence-electron chi connectivity index (χ4n) is 2.31. The highest BCUT2D eigenvalue weighted by molar-refractivity contribution is 6.01. The highest BCUT2D eigenvalue weighted by atomic mass is 19.1. The van der Waals surface area contributed by atoms with Crippen molar-refractivity contribution in [2.24, 2.45) is 0 Å². The van der Waals surface area contributed by atoms with Crippen LogP contribution in [0.2, 0.25) is 0 Å². The van der Waals surface area contributed by atoms with E-state index in [1.165, 1.54) is 19.1 Å². The molecule has 26 heavy (non-hydrogen) atoms. The van der Waals surface area contributed by atoms with Crippen molar-refractivity contribution in [2.75, 3.05) is 13.1 Å². The van der Waals surface area contributed by atoms with Gasteiger partial charge in [0.2, 0.25) is 5.91 Å². The average Bonchev–Trinajstić information content (AvgIpc) is 2.92. The van der Waals surface area contributed by atoms with Crippen LogP contribution in [0, 0.1) is 5.82 Å². The molecule has 1 saturated heterocycles. The van der Waals surface area contributed by atoms with Gasteiger partial charge in [0.1, 0.15) is 5.82 Å². The van der Waals surface area contributed by atoms with Crippen LogP contribution in [0.15, 0.2) is 24.3 Å². The van der Waals surface area contributed by atoms with Crippen molar-refractivity contribution in [3.63, 3.8) is 0 Å². The van der Waals surface area contributed by atoms with E-state index in [2.05, 4.69) is 10.6 Å². The van der Waals surface area contributed by atoms with Gasteiger partial charge >= 0.3 is 12.0 Å². The molecule has 0 spiro atoms. The molecule has 9 heteroatoms. The summed E-state index contributed by atoms with van der Waals surface area (Å²) in [5.74, 6) is -1.77. The van der Waals surface area contributed by atoms with E-state index < -0.39 is 24.0 Å². The third-order valence-electron chi connectivity index (χ3n) is 3.76. The van der Waals surface area contributed by atoms with E-state index in [1.54, 1.807) is 12.1 Å². The monoisotopic (exact) mass is 365 g/mol. The minimum atomic E-state index is -0.986. The van der Waals surface area contributed by atoms with Gasteiger partial charge in [-0.15, -0.1) is 0 Å². The van der Waals surface area contributed by atoms with E-state index >= 15 is 0 Å². The summed E-state index contributed by atoms with van der Waals surface area (Å²) in [5, 5.41) is 4.97. The normalized spacial score (nSPS) is 14.8. The van der Waals surface area contributed by atoms with Gasteiger partial charge in [-0.3, -0.25) is 19.3 Å². The van der Waals surface area contributed by atoms with Crippen LogP contribution in [0.4, 0.5) is 9.18 Å². The molecule has 0 unspecified atom stereocenters. The second-order valence-corrected chi connectivity index (χ2v) is 5.78. The maximum Gasteiger partial charge on any atom is 0.324 e. The Balaban J connectivity index is 1.67. The second kappa shape index (κ2) is 8.93. The summed E-state index contributed by atoms with van der Waals surface area (Å²) in [6, 6.07) is 5.19. The minimum absolute atomic E-state index is 0.0212. The first-order valence-electron chi connectivity index (χ1n) is 8.16.